The fraction of sp³-hybridized carbons (Fsp3) is 0.421. The SMILES string of the molecule is CC1CCNCC1NC(=O)Cn1c(=O)ccn(Cc2ccccc2)c1=O. The lowest BCUT2D eigenvalue weighted by Crippen LogP contribution is -2.52. The maximum Gasteiger partial charge on any atom is 0.331 e. The predicted molar refractivity (Wildman–Crippen MR) is 99.1 cm³/mol. The molecular formula is C19H24N4O3. The van der Waals surface area contributed by atoms with E-state index in [2.05, 4.69) is 17.6 Å². The van der Waals surface area contributed by atoms with Crippen LogP contribution in [-0.4, -0.2) is 34.2 Å². The summed E-state index contributed by atoms with van der Waals surface area (Å²) in [4.78, 5) is 37.1. The monoisotopic (exact) mass is 356 g/mol. The molecule has 0 radical (unpaired) electrons. The van der Waals surface area contributed by atoms with Gasteiger partial charge in [0.05, 0.1) is 6.54 Å². The van der Waals surface area contributed by atoms with E-state index in [9.17, 15) is 14.4 Å². The van der Waals surface area contributed by atoms with Crippen LogP contribution in [0.25, 0.3) is 0 Å². The van der Waals surface area contributed by atoms with Crippen LogP contribution < -0.4 is 21.9 Å². The van der Waals surface area contributed by atoms with E-state index in [4.69, 9.17) is 0 Å². The molecule has 1 fully saturated rings. The number of nitrogens with one attached hydrogen (secondary N) is 2. The minimum Gasteiger partial charge on any atom is -0.350 e. The molecule has 2 atom stereocenters. The Labute approximate surface area is 151 Å². The molecule has 1 aliphatic rings. The molecule has 3 rings (SSSR count). The first-order chi connectivity index (χ1) is 12.5. The van der Waals surface area contributed by atoms with Gasteiger partial charge in [-0.25, -0.2) is 4.79 Å². The van der Waals surface area contributed by atoms with E-state index in [1.54, 1.807) is 0 Å². The highest BCUT2D eigenvalue weighted by molar-refractivity contribution is 5.76. The Morgan fingerprint density at radius 2 is 2.00 bits per heavy atom. The molecule has 7 heteroatoms. The molecule has 1 saturated heterocycles. The van der Waals surface area contributed by atoms with Crippen molar-refractivity contribution in [3.8, 4) is 0 Å². The van der Waals surface area contributed by atoms with Crippen molar-refractivity contribution < 1.29 is 4.79 Å². The van der Waals surface area contributed by atoms with Crippen LogP contribution in [0.4, 0.5) is 0 Å². The minimum absolute atomic E-state index is 0.0159. The first-order valence-electron chi connectivity index (χ1n) is 8.89. The van der Waals surface area contributed by atoms with Crippen LogP contribution in [0.1, 0.15) is 18.9 Å². The summed E-state index contributed by atoms with van der Waals surface area (Å²) < 4.78 is 2.42. The number of rotatable bonds is 5. The summed E-state index contributed by atoms with van der Waals surface area (Å²) in [6, 6.07) is 10.8. The second kappa shape index (κ2) is 8.14. The maximum absolute atomic E-state index is 12.6. The van der Waals surface area contributed by atoms with Crippen LogP contribution in [0.15, 0.2) is 52.2 Å². The van der Waals surface area contributed by atoms with Crippen molar-refractivity contribution in [2.75, 3.05) is 13.1 Å². The number of carbonyl (C=O) groups excluding carboxylic acids is 1. The summed E-state index contributed by atoms with van der Waals surface area (Å²) >= 11 is 0. The van der Waals surface area contributed by atoms with Gasteiger partial charge in [-0.15, -0.1) is 0 Å². The van der Waals surface area contributed by atoms with Crippen LogP contribution in [0.5, 0.6) is 0 Å². The largest absolute Gasteiger partial charge is 0.350 e. The summed E-state index contributed by atoms with van der Waals surface area (Å²) in [5.74, 6) is 0.0460. The average Bonchev–Trinajstić information content (AvgIpc) is 2.64. The van der Waals surface area contributed by atoms with Crippen LogP contribution in [-0.2, 0) is 17.9 Å². The number of aromatic nitrogens is 2. The van der Waals surface area contributed by atoms with E-state index < -0.39 is 11.2 Å². The summed E-state index contributed by atoms with van der Waals surface area (Å²) in [6.07, 6.45) is 2.46. The second-order valence-electron chi connectivity index (χ2n) is 6.78. The van der Waals surface area contributed by atoms with Gasteiger partial charge >= 0.3 is 5.69 Å². The number of nitrogens with zero attached hydrogens (tertiary/aromatic N) is 2. The second-order valence-corrected chi connectivity index (χ2v) is 6.78. The Morgan fingerprint density at radius 3 is 2.73 bits per heavy atom. The van der Waals surface area contributed by atoms with Gasteiger partial charge in [0.2, 0.25) is 5.91 Å². The van der Waals surface area contributed by atoms with Gasteiger partial charge in [0, 0.05) is 24.8 Å². The number of hydrogen-bond donors (Lipinski definition) is 2. The molecule has 1 aromatic heterocycles. The van der Waals surface area contributed by atoms with E-state index in [0.717, 1.165) is 23.1 Å². The highest BCUT2D eigenvalue weighted by atomic mass is 16.2. The molecule has 7 nitrogen and oxygen atoms in total. The van der Waals surface area contributed by atoms with Crippen molar-refractivity contribution in [3.63, 3.8) is 0 Å². The van der Waals surface area contributed by atoms with Gasteiger partial charge in [0.25, 0.3) is 5.56 Å². The van der Waals surface area contributed by atoms with Crippen LogP contribution in [0.2, 0.25) is 0 Å². The molecule has 0 spiro atoms. The first kappa shape index (κ1) is 18.1. The van der Waals surface area contributed by atoms with Crippen LogP contribution in [0.3, 0.4) is 0 Å². The Bertz CT molecular complexity index is 872. The van der Waals surface area contributed by atoms with Crippen molar-refractivity contribution in [2.24, 2.45) is 5.92 Å². The maximum atomic E-state index is 12.6. The number of benzene rings is 1. The van der Waals surface area contributed by atoms with Crippen molar-refractivity contribution in [1.29, 1.82) is 0 Å². The molecule has 26 heavy (non-hydrogen) atoms. The van der Waals surface area contributed by atoms with Gasteiger partial charge in [-0.05, 0) is 24.4 Å². The van der Waals surface area contributed by atoms with Crippen molar-refractivity contribution >= 4 is 5.91 Å². The fourth-order valence-corrected chi connectivity index (χ4v) is 3.18. The summed E-state index contributed by atoms with van der Waals surface area (Å²) in [6.45, 7) is 3.82. The first-order valence-corrected chi connectivity index (χ1v) is 8.89. The third kappa shape index (κ3) is 4.29. The molecule has 0 aliphatic carbocycles. The lowest BCUT2D eigenvalue weighted by molar-refractivity contribution is -0.123. The van der Waals surface area contributed by atoms with Crippen molar-refractivity contribution in [2.45, 2.75) is 32.5 Å². The predicted octanol–water partition coefficient (Wildman–Crippen LogP) is 0.173. The zero-order chi connectivity index (χ0) is 18.5. The van der Waals surface area contributed by atoms with Crippen LogP contribution >= 0.6 is 0 Å². The minimum atomic E-state index is -0.480. The topological polar surface area (TPSA) is 85.1 Å². The van der Waals surface area contributed by atoms with Gasteiger partial charge < -0.3 is 10.6 Å². The molecule has 1 aromatic carbocycles. The number of piperidine rings is 1. The molecule has 1 amide bonds. The molecule has 2 unspecified atom stereocenters. The summed E-state index contributed by atoms with van der Waals surface area (Å²) in [5.41, 5.74) is 0.00181. The zero-order valence-corrected chi connectivity index (χ0v) is 14.9. The third-order valence-electron chi connectivity index (χ3n) is 4.81. The van der Waals surface area contributed by atoms with E-state index >= 15 is 0 Å². The number of amides is 1. The van der Waals surface area contributed by atoms with E-state index in [1.807, 2.05) is 30.3 Å². The fourth-order valence-electron chi connectivity index (χ4n) is 3.18. The third-order valence-corrected chi connectivity index (χ3v) is 4.81. The molecule has 138 valence electrons. The van der Waals surface area contributed by atoms with Gasteiger partial charge in [-0.1, -0.05) is 37.3 Å². The van der Waals surface area contributed by atoms with Gasteiger partial charge in [-0.3, -0.25) is 18.7 Å². The quantitative estimate of drug-likeness (QED) is 0.800. The molecular weight excluding hydrogens is 332 g/mol. The molecule has 2 N–H and O–H groups in total. The molecule has 0 bridgehead atoms. The lowest BCUT2D eigenvalue weighted by atomic mass is 9.95. The van der Waals surface area contributed by atoms with Gasteiger partial charge in [0.15, 0.2) is 0 Å². The summed E-state index contributed by atoms with van der Waals surface area (Å²) in [5, 5.41) is 6.18. The van der Waals surface area contributed by atoms with Gasteiger partial charge in [-0.2, -0.15) is 0 Å². The summed E-state index contributed by atoms with van der Waals surface area (Å²) in [7, 11) is 0. The standard InChI is InChI=1S/C19H24N4O3/c1-14-7-9-20-11-16(14)21-17(24)13-23-18(25)8-10-22(19(23)26)12-15-5-3-2-4-6-15/h2-6,8,10,14,16,20H,7,9,11-13H2,1H3,(H,21,24). The highest BCUT2D eigenvalue weighted by Gasteiger charge is 2.23. The molecule has 0 saturated carbocycles. The van der Waals surface area contributed by atoms with Crippen LogP contribution in [0, 0.1) is 5.92 Å². The zero-order valence-electron chi connectivity index (χ0n) is 14.9. The lowest BCUT2D eigenvalue weighted by Gasteiger charge is -2.30. The van der Waals surface area contributed by atoms with E-state index in [-0.39, 0.29) is 18.5 Å². The smallest absolute Gasteiger partial charge is 0.331 e. The number of carbonyl (C=O) groups is 1. The molecule has 2 heterocycles. The Hall–Kier alpha value is -2.67. The van der Waals surface area contributed by atoms with E-state index in [0.29, 0.717) is 19.0 Å². The molecule has 2 aromatic rings. The van der Waals surface area contributed by atoms with Gasteiger partial charge in [0.1, 0.15) is 6.54 Å². The Kier molecular flexibility index (Phi) is 5.68. The highest BCUT2D eigenvalue weighted by Crippen LogP contribution is 2.10. The van der Waals surface area contributed by atoms with Crippen molar-refractivity contribution in [3.05, 3.63) is 69.0 Å². The Morgan fingerprint density at radius 1 is 1.23 bits per heavy atom. The average molecular weight is 356 g/mol. The van der Waals surface area contributed by atoms with E-state index in [1.165, 1.54) is 16.8 Å². The Balaban J connectivity index is 1.75. The number of hydrogen-bond acceptors (Lipinski definition) is 4. The van der Waals surface area contributed by atoms with Crippen molar-refractivity contribution in [1.82, 2.24) is 19.8 Å². The molecule has 1 aliphatic heterocycles. The normalized spacial score (nSPS) is 19.9.